The van der Waals surface area contributed by atoms with Gasteiger partial charge in [0.25, 0.3) is 0 Å². The molecule has 2 aromatic rings. The van der Waals surface area contributed by atoms with Crippen molar-refractivity contribution in [3.63, 3.8) is 0 Å². The van der Waals surface area contributed by atoms with Gasteiger partial charge >= 0.3 is 5.97 Å². The maximum atomic E-state index is 10.9. The number of furan rings is 1. The van der Waals surface area contributed by atoms with E-state index in [1.54, 1.807) is 12.1 Å². The first-order valence-corrected chi connectivity index (χ1v) is 6.54. The fraction of sp³-hybridized carbons (Fsp3) is 0.267. The van der Waals surface area contributed by atoms with Crippen molar-refractivity contribution < 1.29 is 19.4 Å². The minimum Gasteiger partial charge on any atom is -0.505 e. The van der Waals surface area contributed by atoms with Crippen molar-refractivity contribution in [3.05, 3.63) is 35.1 Å². The summed E-state index contributed by atoms with van der Waals surface area (Å²) in [6.45, 7) is 0. The summed E-state index contributed by atoms with van der Waals surface area (Å²) in [5.74, 6) is -0.956. The Labute approximate surface area is 115 Å². The van der Waals surface area contributed by atoms with Crippen LogP contribution in [0.15, 0.2) is 22.6 Å². The highest BCUT2D eigenvalue weighted by Crippen LogP contribution is 2.42. The fourth-order valence-electron chi connectivity index (χ4n) is 2.77. The summed E-state index contributed by atoms with van der Waals surface area (Å²) in [5.41, 5.74) is 8.79. The number of aromatic carboxylic acids is 1. The number of fused-ring (bicyclic) bond motifs is 1. The first-order valence-electron chi connectivity index (χ1n) is 6.54. The molecule has 1 aliphatic rings. The number of phenols is 1. The van der Waals surface area contributed by atoms with Crippen molar-refractivity contribution >= 4 is 11.7 Å². The largest absolute Gasteiger partial charge is 0.505 e. The molecule has 1 aromatic carbocycles. The Morgan fingerprint density at radius 2 is 2.00 bits per heavy atom. The van der Waals surface area contributed by atoms with E-state index in [1.165, 1.54) is 6.07 Å². The molecular weight excluding hydrogens is 258 g/mol. The topological polar surface area (TPSA) is 96.7 Å². The normalized spacial score (nSPS) is 14.0. The Kier molecular flexibility index (Phi) is 2.89. The van der Waals surface area contributed by atoms with E-state index in [0.717, 1.165) is 36.8 Å². The number of benzene rings is 1. The van der Waals surface area contributed by atoms with E-state index in [1.807, 2.05) is 0 Å². The number of carbonyl (C=O) groups is 1. The summed E-state index contributed by atoms with van der Waals surface area (Å²) in [5, 5.41) is 19.1. The second-order valence-corrected chi connectivity index (χ2v) is 5.00. The number of carboxylic acid groups (broad SMARTS) is 1. The molecule has 0 fully saturated rings. The molecule has 0 amide bonds. The number of hydrogen-bond acceptors (Lipinski definition) is 4. The first kappa shape index (κ1) is 12.6. The second kappa shape index (κ2) is 4.59. The first-order chi connectivity index (χ1) is 9.58. The molecule has 0 atom stereocenters. The van der Waals surface area contributed by atoms with Crippen LogP contribution in [0.2, 0.25) is 0 Å². The van der Waals surface area contributed by atoms with Gasteiger partial charge in [-0.2, -0.15) is 0 Å². The number of anilines is 1. The van der Waals surface area contributed by atoms with Crippen LogP contribution in [0.1, 0.15) is 34.5 Å². The van der Waals surface area contributed by atoms with Crippen LogP contribution in [-0.4, -0.2) is 16.2 Å². The molecule has 0 spiro atoms. The van der Waals surface area contributed by atoms with Crippen LogP contribution < -0.4 is 5.73 Å². The zero-order valence-electron chi connectivity index (χ0n) is 10.8. The number of aromatic hydroxyl groups is 1. The van der Waals surface area contributed by atoms with Crippen LogP contribution in [0.25, 0.3) is 11.3 Å². The van der Waals surface area contributed by atoms with Crippen molar-refractivity contribution in [1.29, 1.82) is 0 Å². The van der Waals surface area contributed by atoms with Crippen molar-refractivity contribution in [2.45, 2.75) is 25.7 Å². The fourth-order valence-corrected chi connectivity index (χ4v) is 2.77. The molecule has 0 aliphatic heterocycles. The number of nitrogen functional groups attached to an aromatic ring is 1. The maximum Gasteiger partial charge on any atom is 0.371 e. The highest BCUT2D eigenvalue weighted by Gasteiger charge is 2.23. The van der Waals surface area contributed by atoms with E-state index in [4.69, 9.17) is 15.3 Å². The molecule has 1 aromatic heterocycles. The predicted octanol–water partition coefficient (Wildman–Crippen LogP) is 2.81. The lowest BCUT2D eigenvalue weighted by Crippen LogP contribution is -2.06. The standard InChI is InChI=1S/C15H15NO4/c16-10-7-8-3-1-2-4-9(8)13(14(10)17)11-5-6-12(20-11)15(18)19/h5-7,17H,1-4,16H2,(H,18,19). The van der Waals surface area contributed by atoms with E-state index in [2.05, 4.69) is 0 Å². The van der Waals surface area contributed by atoms with Crippen LogP contribution in [0.5, 0.6) is 5.75 Å². The van der Waals surface area contributed by atoms with E-state index < -0.39 is 5.97 Å². The Morgan fingerprint density at radius 3 is 2.70 bits per heavy atom. The molecule has 0 radical (unpaired) electrons. The molecule has 104 valence electrons. The Balaban J connectivity index is 2.20. The number of carboxylic acids is 1. The lowest BCUT2D eigenvalue weighted by atomic mass is 9.86. The van der Waals surface area contributed by atoms with E-state index in [-0.39, 0.29) is 11.5 Å². The van der Waals surface area contributed by atoms with Crippen LogP contribution >= 0.6 is 0 Å². The third kappa shape index (κ3) is 1.91. The average Bonchev–Trinajstić information content (AvgIpc) is 2.90. The molecule has 5 nitrogen and oxygen atoms in total. The van der Waals surface area contributed by atoms with Crippen LogP contribution in [-0.2, 0) is 12.8 Å². The van der Waals surface area contributed by atoms with Crippen LogP contribution in [0, 0.1) is 0 Å². The smallest absolute Gasteiger partial charge is 0.371 e. The van der Waals surface area contributed by atoms with E-state index >= 15 is 0 Å². The highest BCUT2D eigenvalue weighted by molar-refractivity contribution is 5.86. The van der Waals surface area contributed by atoms with Crippen molar-refractivity contribution in [3.8, 4) is 17.1 Å². The third-order valence-electron chi connectivity index (χ3n) is 3.72. The minimum atomic E-state index is -1.13. The van der Waals surface area contributed by atoms with Gasteiger partial charge in [0.05, 0.1) is 11.3 Å². The van der Waals surface area contributed by atoms with Crippen molar-refractivity contribution in [2.24, 2.45) is 0 Å². The number of aryl methyl sites for hydroxylation is 1. The molecule has 0 unspecified atom stereocenters. The number of rotatable bonds is 2. The lowest BCUT2D eigenvalue weighted by molar-refractivity contribution is 0.0663. The Hall–Kier alpha value is -2.43. The SMILES string of the molecule is Nc1cc2c(c(-c3ccc(C(=O)O)o3)c1O)CCCC2. The van der Waals surface area contributed by atoms with Gasteiger partial charge in [0.15, 0.2) is 0 Å². The summed E-state index contributed by atoms with van der Waals surface area (Å²) in [6, 6.07) is 4.75. The monoisotopic (exact) mass is 273 g/mol. The van der Waals surface area contributed by atoms with Gasteiger partial charge < -0.3 is 20.4 Å². The third-order valence-corrected chi connectivity index (χ3v) is 3.72. The van der Waals surface area contributed by atoms with Crippen molar-refractivity contribution in [1.82, 2.24) is 0 Å². The maximum absolute atomic E-state index is 10.9. The van der Waals surface area contributed by atoms with Gasteiger partial charge in [-0.25, -0.2) is 4.79 Å². The van der Waals surface area contributed by atoms with E-state index in [0.29, 0.717) is 17.0 Å². The van der Waals surface area contributed by atoms with Gasteiger partial charge in [-0.05, 0) is 55.0 Å². The molecule has 4 N–H and O–H groups in total. The van der Waals surface area contributed by atoms with Crippen LogP contribution in [0.3, 0.4) is 0 Å². The summed E-state index contributed by atoms with van der Waals surface area (Å²) >= 11 is 0. The number of nitrogens with two attached hydrogens (primary N) is 1. The van der Waals surface area contributed by atoms with Gasteiger partial charge in [0, 0.05) is 0 Å². The molecule has 3 rings (SSSR count). The quantitative estimate of drug-likeness (QED) is 0.577. The van der Waals surface area contributed by atoms with Crippen LogP contribution in [0.4, 0.5) is 5.69 Å². The lowest BCUT2D eigenvalue weighted by Gasteiger charge is -2.20. The van der Waals surface area contributed by atoms with Gasteiger partial charge in [0.1, 0.15) is 11.5 Å². The van der Waals surface area contributed by atoms with Gasteiger partial charge in [-0.15, -0.1) is 0 Å². The Morgan fingerprint density at radius 1 is 1.25 bits per heavy atom. The molecule has 0 saturated carbocycles. The van der Waals surface area contributed by atoms with Gasteiger partial charge in [0.2, 0.25) is 5.76 Å². The zero-order valence-corrected chi connectivity index (χ0v) is 10.8. The molecule has 1 aliphatic carbocycles. The molecule has 5 heteroatoms. The molecule has 0 bridgehead atoms. The number of phenolic OH excluding ortho intramolecular Hbond substituents is 1. The summed E-state index contributed by atoms with van der Waals surface area (Å²) in [4.78, 5) is 10.9. The molecule has 0 saturated heterocycles. The summed E-state index contributed by atoms with van der Waals surface area (Å²) < 4.78 is 5.32. The minimum absolute atomic E-state index is 0.0306. The van der Waals surface area contributed by atoms with E-state index in [9.17, 15) is 9.90 Å². The number of hydrogen-bond donors (Lipinski definition) is 3. The summed E-state index contributed by atoms with van der Waals surface area (Å²) in [7, 11) is 0. The second-order valence-electron chi connectivity index (χ2n) is 5.00. The summed E-state index contributed by atoms with van der Waals surface area (Å²) in [6.07, 6.45) is 3.88. The Bertz CT molecular complexity index is 687. The highest BCUT2D eigenvalue weighted by atomic mass is 16.4. The zero-order chi connectivity index (χ0) is 14.3. The van der Waals surface area contributed by atoms with Gasteiger partial charge in [-0.1, -0.05) is 0 Å². The molecule has 20 heavy (non-hydrogen) atoms. The average molecular weight is 273 g/mol. The molecule has 1 heterocycles. The van der Waals surface area contributed by atoms with Gasteiger partial charge in [-0.3, -0.25) is 0 Å². The predicted molar refractivity (Wildman–Crippen MR) is 73.8 cm³/mol. The van der Waals surface area contributed by atoms with Crippen molar-refractivity contribution in [2.75, 3.05) is 5.73 Å². The molecular formula is C15H15NO4.